The van der Waals surface area contributed by atoms with Crippen LogP contribution in [0.2, 0.25) is 0 Å². The van der Waals surface area contributed by atoms with Gasteiger partial charge in [-0.05, 0) is 49.2 Å². The minimum atomic E-state index is -0.225. The smallest absolute Gasteiger partial charge is 0.259 e. The van der Waals surface area contributed by atoms with Crippen LogP contribution in [0.1, 0.15) is 18.1 Å². The molecule has 2 aromatic carbocycles. The average molecular weight is 341 g/mol. The van der Waals surface area contributed by atoms with Crippen LogP contribution >= 0.6 is 0 Å². The Morgan fingerprint density at radius 3 is 2.72 bits per heavy atom. The highest BCUT2D eigenvalue weighted by Crippen LogP contribution is 2.27. The molecule has 0 saturated heterocycles. The highest BCUT2D eigenvalue weighted by atomic mass is 16.5. The second-order valence-electron chi connectivity index (χ2n) is 5.30. The van der Waals surface area contributed by atoms with Crippen molar-refractivity contribution in [2.45, 2.75) is 13.8 Å². The van der Waals surface area contributed by atoms with Gasteiger partial charge in [-0.1, -0.05) is 18.2 Å². The van der Waals surface area contributed by atoms with Crippen LogP contribution in [-0.4, -0.2) is 32.4 Å². The highest BCUT2D eigenvalue weighted by Gasteiger charge is 2.04. The number of ether oxygens (including phenoxy) is 2. The van der Waals surface area contributed by atoms with E-state index in [1.807, 2.05) is 50.2 Å². The van der Waals surface area contributed by atoms with E-state index >= 15 is 0 Å². The summed E-state index contributed by atoms with van der Waals surface area (Å²) in [6.45, 7) is 4.61. The molecular weight excluding hydrogens is 318 g/mol. The van der Waals surface area contributed by atoms with Crippen LogP contribution in [0.3, 0.4) is 0 Å². The molecule has 0 fully saturated rings. The van der Waals surface area contributed by atoms with Crippen molar-refractivity contribution in [2.24, 2.45) is 5.10 Å². The monoisotopic (exact) mass is 341 g/mol. The molecule has 0 unspecified atom stereocenters. The second-order valence-corrected chi connectivity index (χ2v) is 5.30. The summed E-state index contributed by atoms with van der Waals surface area (Å²) in [6, 6.07) is 13.2. The Morgan fingerprint density at radius 2 is 2.00 bits per heavy atom. The number of carbonyl (C=O) groups is 1. The van der Waals surface area contributed by atoms with Crippen LogP contribution in [-0.2, 0) is 4.79 Å². The lowest BCUT2D eigenvalue weighted by atomic mass is 10.2. The molecule has 6 heteroatoms. The molecule has 0 aliphatic rings. The van der Waals surface area contributed by atoms with Crippen molar-refractivity contribution in [1.29, 1.82) is 0 Å². The summed E-state index contributed by atoms with van der Waals surface area (Å²) in [6.07, 6.45) is 1.56. The number of aryl methyl sites for hydroxylation is 1. The van der Waals surface area contributed by atoms with Crippen LogP contribution < -0.4 is 20.2 Å². The van der Waals surface area contributed by atoms with E-state index < -0.39 is 0 Å². The van der Waals surface area contributed by atoms with Gasteiger partial charge in [-0.3, -0.25) is 4.79 Å². The minimum Gasteiger partial charge on any atom is -0.493 e. The number of nitrogens with one attached hydrogen (secondary N) is 2. The van der Waals surface area contributed by atoms with Crippen LogP contribution in [0.15, 0.2) is 47.6 Å². The first-order valence-corrected chi connectivity index (χ1v) is 8.06. The van der Waals surface area contributed by atoms with Gasteiger partial charge in [-0.2, -0.15) is 5.10 Å². The fourth-order valence-electron chi connectivity index (χ4n) is 2.20. The van der Waals surface area contributed by atoms with E-state index in [1.54, 1.807) is 19.4 Å². The van der Waals surface area contributed by atoms with Crippen LogP contribution in [0, 0.1) is 6.92 Å². The number of carbonyl (C=O) groups excluding carboxylic acids is 1. The van der Waals surface area contributed by atoms with Crippen molar-refractivity contribution in [3.8, 4) is 11.5 Å². The summed E-state index contributed by atoms with van der Waals surface area (Å²) in [5.74, 6) is 1.07. The van der Waals surface area contributed by atoms with E-state index in [-0.39, 0.29) is 12.5 Å². The number of hydrazone groups is 1. The van der Waals surface area contributed by atoms with Gasteiger partial charge in [0.1, 0.15) is 0 Å². The summed E-state index contributed by atoms with van der Waals surface area (Å²) >= 11 is 0. The lowest BCUT2D eigenvalue weighted by molar-refractivity contribution is -0.119. The quantitative estimate of drug-likeness (QED) is 0.572. The first kappa shape index (κ1) is 18.3. The van der Waals surface area contributed by atoms with Gasteiger partial charge in [0.25, 0.3) is 5.91 Å². The predicted octanol–water partition coefficient (Wildman–Crippen LogP) is 2.96. The van der Waals surface area contributed by atoms with Crippen LogP contribution in [0.4, 0.5) is 5.69 Å². The normalized spacial score (nSPS) is 10.5. The number of hydrogen-bond donors (Lipinski definition) is 2. The number of para-hydroxylation sites is 1. The average Bonchev–Trinajstić information content (AvgIpc) is 2.62. The second kappa shape index (κ2) is 9.32. The van der Waals surface area contributed by atoms with Gasteiger partial charge in [-0.25, -0.2) is 5.43 Å². The SMILES string of the molecule is CCOc1ccc(/C=N/NC(=O)CNc2ccccc2C)cc1OC. The minimum absolute atomic E-state index is 0.148. The molecule has 0 radical (unpaired) electrons. The first-order chi connectivity index (χ1) is 12.1. The zero-order valence-electron chi connectivity index (χ0n) is 14.7. The third kappa shape index (κ3) is 5.53. The molecule has 132 valence electrons. The van der Waals surface area contributed by atoms with Gasteiger partial charge in [-0.15, -0.1) is 0 Å². The van der Waals surface area contributed by atoms with Crippen molar-refractivity contribution in [3.63, 3.8) is 0 Å². The van der Waals surface area contributed by atoms with Crippen molar-refractivity contribution in [3.05, 3.63) is 53.6 Å². The molecule has 0 saturated carbocycles. The maximum atomic E-state index is 11.8. The van der Waals surface area contributed by atoms with Crippen molar-refractivity contribution >= 4 is 17.8 Å². The first-order valence-electron chi connectivity index (χ1n) is 8.06. The highest BCUT2D eigenvalue weighted by molar-refractivity contribution is 5.85. The number of nitrogens with zero attached hydrogens (tertiary/aromatic N) is 1. The fraction of sp³-hybridized carbons (Fsp3) is 0.263. The standard InChI is InChI=1S/C19H23N3O3/c1-4-25-17-10-9-15(11-18(17)24-3)12-21-22-19(23)13-20-16-8-6-5-7-14(16)2/h5-12,20H,4,13H2,1-3H3,(H,22,23)/b21-12+. The molecule has 0 spiro atoms. The molecule has 2 N–H and O–H groups in total. The predicted molar refractivity (Wildman–Crippen MR) is 99.6 cm³/mol. The molecule has 0 aliphatic heterocycles. The van der Waals surface area contributed by atoms with Crippen LogP contribution in [0.25, 0.3) is 0 Å². The molecule has 25 heavy (non-hydrogen) atoms. The molecule has 2 aromatic rings. The third-order valence-electron chi connectivity index (χ3n) is 3.47. The van der Waals surface area contributed by atoms with Gasteiger partial charge in [0, 0.05) is 5.69 Å². The van der Waals surface area contributed by atoms with Crippen molar-refractivity contribution in [2.75, 3.05) is 25.6 Å². The van der Waals surface area contributed by atoms with Crippen molar-refractivity contribution in [1.82, 2.24) is 5.43 Å². The van der Waals surface area contributed by atoms with Gasteiger partial charge >= 0.3 is 0 Å². The van der Waals surface area contributed by atoms with Gasteiger partial charge in [0.05, 0.1) is 26.5 Å². The zero-order valence-corrected chi connectivity index (χ0v) is 14.7. The molecule has 6 nitrogen and oxygen atoms in total. The third-order valence-corrected chi connectivity index (χ3v) is 3.47. The van der Waals surface area contributed by atoms with Gasteiger partial charge in [0.2, 0.25) is 0 Å². The maximum absolute atomic E-state index is 11.8. The molecule has 0 heterocycles. The van der Waals surface area contributed by atoms with E-state index in [9.17, 15) is 4.79 Å². The Hall–Kier alpha value is -3.02. The number of rotatable bonds is 8. The molecular formula is C19H23N3O3. The molecule has 0 bridgehead atoms. The molecule has 1 amide bonds. The Balaban J connectivity index is 1.87. The number of anilines is 1. The van der Waals surface area contributed by atoms with Gasteiger partial charge < -0.3 is 14.8 Å². The lowest BCUT2D eigenvalue weighted by Crippen LogP contribution is -2.26. The Kier molecular flexibility index (Phi) is 6.83. The van der Waals surface area contributed by atoms with E-state index in [0.29, 0.717) is 18.1 Å². The van der Waals surface area contributed by atoms with Crippen LogP contribution in [0.5, 0.6) is 11.5 Å². The fourth-order valence-corrected chi connectivity index (χ4v) is 2.20. The Morgan fingerprint density at radius 1 is 1.20 bits per heavy atom. The maximum Gasteiger partial charge on any atom is 0.259 e. The summed E-state index contributed by atoms with van der Waals surface area (Å²) in [5.41, 5.74) is 5.30. The molecule has 0 aromatic heterocycles. The summed E-state index contributed by atoms with van der Waals surface area (Å²) in [4.78, 5) is 11.8. The number of amides is 1. The largest absolute Gasteiger partial charge is 0.493 e. The van der Waals surface area contributed by atoms with Crippen molar-refractivity contribution < 1.29 is 14.3 Å². The molecule has 0 atom stereocenters. The zero-order chi connectivity index (χ0) is 18.1. The topological polar surface area (TPSA) is 72.0 Å². The van der Waals surface area contributed by atoms with E-state index in [4.69, 9.17) is 9.47 Å². The van der Waals surface area contributed by atoms with E-state index in [0.717, 1.165) is 16.8 Å². The summed E-state index contributed by atoms with van der Waals surface area (Å²) in [5, 5.41) is 7.05. The van der Waals surface area contributed by atoms with Gasteiger partial charge in [0.15, 0.2) is 11.5 Å². The lowest BCUT2D eigenvalue weighted by Gasteiger charge is -2.09. The number of methoxy groups -OCH3 is 1. The van der Waals surface area contributed by atoms with E-state index in [2.05, 4.69) is 15.8 Å². The number of hydrogen-bond acceptors (Lipinski definition) is 5. The molecule has 2 rings (SSSR count). The summed E-state index contributed by atoms with van der Waals surface area (Å²) in [7, 11) is 1.58. The van der Waals surface area contributed by atoms with E-state index in [1.165, 1.54) is 0 Å². The summed E-state index contributed by atoms with van der Waals surface area (Å²) < 4.78 is 10.7. The Bertz CT molecular complexity index is 744. The molecule has 0 aliphatic carbocycles. The Labute approximate surface area is 147 Å². The number of benzene rings is 2.